The lowest BCUT2D eigenvalue weighted by atomic mass is 9.73. The van der Waals surface area contributed by atoms with Crippen molar-refractivity contribution in [1.82, 2.24) is 5.43 Å². The molecule has 1 aliphatic carbocycles. The molecule has 19 heavy (non-hydrogen) atoms. The molecule has 1 aliphatic rings. The van der Waals surface area contributed by atoms with Crippen molar-refractivity contribution in [3.8, 4) is 0 Å². The average Bonchev–Trinajstić information content (AvgIpc) is 2.89. The maximum Gasteiger partial charge on any atom is 0.0582 e. The Balaban J connectivity index is 1.85. The van der Waals surface area contributed by atoms with Gasteiger partial charge in [-0.2, -0.15) is 0 Å². The Kier molecular flexibility index (Phi) is 3.94. The quantitative estimate of drug-likeness (QED) is 0.644. The van der Waals surface area contributed by atoms with Crippen molar-refractivity contribution < 1.29 is 0 Å². The second kappa shape index (κ2) is 5.52. The summed E-state index contributed by atoms with van der Waals surface area (Å²) in [4.78, 5) is 1.41. The Labute approximate surface area is 123 Å². The van der Waals surface area contributed by atoms with Crippen molar-refractivity contribution in [2.45, 2.75) is 39.2 Å². The molecule has 3 N–H and O–H groups in total. The lowest BCUT2D eigenvalue weighted by Crippen LogP contribution is -2.36. The van der Waals surface area contributed by atoms with Gasteiger partial charge < -0.3 is 0 Å². The number of thiophene rings is 2. The number of nitrogens with two attached hydrogens (primary N) is 1. The van der Waals surface area contributed by atoms with Gasteiger partial charge in [0, 0.05) is 14.3 Å². The lowest BCUT2D eigenvalue weighted by Gasteiger charge is -2.35. The van der Waals surface area contributed by atoms with Crippen LogP contribution in [0.3, 0.4) is 0 Å². The highest BCUT2D eigenvalue weighted by molar-refractivity contribution is 7.26. The predicted octanol–water partition coefficient (Wildman–Crippen LogP) is 4.54. The summed E-state index contributed by atoms with van der Waals surface area (Å²) in [5, 5.41) is 2.17. The van der Waals surface area contributed by atoms with E-state index in [9.17, 15) is 0 Å². The molecule has 1 saturated carbocycles. The van der Waals surface area contributed by atoms with Gasteiger partial charge in [0.05, 0.1) is 6.04 Å². The fraction of sp³-hybridized carbons (Fsp3) is 0.600. The summed E-state index contributed by atoms with van der Waals surface area (Å²) in [5.74, 6) is 8.20. The molecule has 4 heteroatoms. The Morgan fingerprint density at radius 3 is 2.58 bits per heavy atom. The van der Waals surface area contributed by atoms with Gasteiger partial charge in [-0.25, -0.2) is 0 Å². The van der Waals surface area contributed by atoms with Gasteiger partial charge in [0.2, 0.25) is 0 Å². The molecule has 2 aromatic rings. The zero-order valence-corrected chi connectivity index (χ0v) is 13.2. The minimum absolute atomic E-state index is 0.329. The molecule has 0 amide bonds. The maximum absolute atomic E-state index is 5.88. The van der Waals surface area contributed by atoms with E-state index in [1.807, 2.05) is 22.7 Å². The summed E-state index contributed by atoms with van der Waals surface area (Å²) in [7, 11) is 0. The largest absolute Gasteiger partial charge is 0.271 e. The first kappa shape index (κ1) is 13.6. The van der Waals surface area contributed by atoms with E-state index in [1.54, 1.807) is 0 Å². The van der Waals surface area contributed by atoms with Crippen LogP contribution in [0.4, 0.5) is 0 Å². The molecule has 3 atom stereocenters. The van der Waals surface area contributed by atoms with Crippen molar-refractivity contribution in [3.05, 3.63) is 22.4 Å². The van der Waals surface area contributed by atoms with Gasteiger partial charge >= 0.3 is 0 Å². The van der Waals surface area contributed by atoms with Crippen molar-refractivity contribution in [3.63, 3.8) is 0 Å². The molecule has 0 radical (unpaired) electrons. The highest BCUT2D eigenvalue weighted by atomic mass is 32.1. The molecule has 2 heterocycles. The molecule has 3 unspecified atom stereocenters. The molecule has 0 spiro atoms. The zero-order valence-electron chi connectivity index (χ0n) is 11.6. The van der Waals surface area contributed by atoms with E-state index >= 15 is 0 Å². The van der Waals surface area contributed by atoms with E-state index < -0.39 is 0 Å². The van der Waals surface area contributed by atoms with Crippen LogP contribution in [0, 0.1) is 17.8 Å². The van der Waals surface area contributed by atoms with Crippen molar-refractivity contribution >= 4 is 32.1 Å². The lowest BCUT2D eigenvalue weighted by molar-refractivity contribution is 0.178. The monoisotopic (exact) mass is 294 g/mol. The van der Waals surface area contributed by atoms with Crippen LogP contribution in [-0.2, 0) is 0 Å². The normalized spacial score (nSPS) is 29.7. The summed E-state index contributed by atoms with van der Waals surface area (Å²) in [6, 6.07) is 4.88. The van der Waals surface area contributed by atoms with E-state index in [0.29, 0.717) is 12.0 Å². The van der Waals surface area contributed by atoms with Gasteiger partial charge in [0.15, 0.2) is 0 Å². The van der Waals surface area contributed by atoms with Crippen LogP contribution in [0.15, 0.2) is 17.5 Å². The number of nitrogens with one attached hydrogen (secondary N) is 1. The van der Waals surface area contributed by atoms with Gasteiger partial charge in [-0.15, -0.1) is 22.7 Å². The molecular weight excluding hydrogens is 272 g/mol. The molecule has 2 nitrogen and oxygen atoms in total. The standard InChI is InChI=1S/C15H22N2S2/c1-9-5-10(2)7-11(6-9)15(17-16)14-8-13-12(19-14)3-4-18-13/h3-4,8-11,15,17H,5-7,16H2,1-2H3. The molecule has 0 aliphatic heterocycles. The summed E-state index contributed by atoms with van der Waals surface area (Å²) >= 11 is 3.73. The Morgan fingerprint density at radius 1 is 1.21 bits per heavy atom. The average molecular weight is 294 g/mol. The van der Waals surface area contributed by atoms with Gasteiger partial charge in [-0.05, 0) is 54.5 Å². The molecule has 0 bridgehead atoms. The van der Waals surface area contributed by atoms with Crippen molar-refractivity contribution in [2.75, 3.05) is 0 Å². The highest BCUT2D eigenvalue weighted by Crippen LogP contribution is 2.43. The number of hydrogen-bond donors (Lipinski definition) is 2. The topological polar surface area (TPSA) is 38.0 Å². The maximum atomic E-state index is 5.88. The van der Waals surface area contributed by atoms with Crippen LogP contribution in [-0.4, -0.2) is 0 Å². The molecule has 2 aromatic heterocycles. The third-order valence-electron chi connectivity index (χ3n) is 4.33. The second-order valence-electron chi connectivity index (χ2n) is 6.12. The number of fused-ring (bicyclic) bond motifs is 1. The third kappa shape index (κ3) is 2.72. The number of hydrogen-bond acceptors (Lipinski definition) is 4. The molecule has 3 rings (SSSR count). The second-order valence-corrected chi connectivity index (χ2v) is 8.18. The Morgan fingerprint density at radius 2 is 1.95 bits per heavy atom. The first-order chi connectivity index (χ1) is 9.17. The Hall–Kier alpha value is -0.420. The van der Waals surface area contributed by atoms with E-state index in [1.165, 1.54) is 33.5 Å². The smallest absolute Gasteiger partial charge is 0.0582 e. The van der Waals surface area contributed by atoms with E-state index in [-0.39, 0.29) is 0 Å². The Bertz CT molecular complexity index is 507. The highest BCUT2D eigenvalue weighted by Gasteiger charge is 2.31. The first-order valence-electron chi connectivity index (χ1n) is 7.10. The van der Waals surface area contributed by atoms with Gasteiger partial charge in [-0.3, -0.25) is 11.3 Å². The number of rotatable bonds is 3. The van der Waals surface area contributed by atoms with Crippen LogP contribution in [0.1, 0.15) is 44.0 Å². The summed E-state index contributed by atoms with van der Waals surface area (Å²) in [5.41, 5.74) is 3.09. The predicted molar refractivity (Wildman–Crippen MR) is 85.4 cm³/mol. The third-order valence-corrected chi connectivity index (χ3v) is 6.51. The van der Waals surface area contributed by atoms with Crippen LogP contribution in [0.2, 0.25) is 0 Å². The van der Waals surface area contributed by atoms with Crippen LogP contribution in [0.5, 0.6) is 0 Å². The van der Waals surface area contributed by atoms with Crippen LogP contribution in [0.25, 0.3) is 9.40 Å². The fourth-order valence-corrected chi connectivity index (χ4v) is 5.94. The van der Waals surface area contributed by atoms with E-state index in [2.05, 4.69) is 36.8 Å². The van der Waals surface area contributed by atoms with Gasteiger partial charge in [0.25, 0.3) is 0 Å². The zero-order chi connectivity index (χ0) is 13.4. The van der Waals surface area contributed by atoms with Gasteiger partial charge in [0.1, 0.15) is 0 Å². The minimum Gasteiger partial charge on any atom is -0.271 e. The summed E-state index contributed by atoms with van der Waals surface area (Å²) in [6.45, 7) is 4.76. The number of hydrazine groups is 1. The molecule has 0 aromatic carbocycles. The molecule has 0 saturated heterocycles. The van der Waals surface area contributed by atoms with Crippen LogP contribution >= 0.6 is 22.7 Å². The minimum atomic E-state index is 0.329. The summed E-state index contributed by atoms with van der Waals surface area (Å²) in [6.07, 6.45) is 3.96. The van der Waals surface area contributed by atoms with Gasteiger partial charge in [-0.1, -0.05) is 13.8 Å². The molecular formula is C15H22N2S2. The van der Waals surface area contributed by atoms with Crippen molar-refractivity contribution in [1.29, 1.82) is 0 Å². The first-order valence-corrected chi connectivity index (χ1v) is 8.80. The SMILES string of the molecule is CC1CC(C)CC(C(NN)c2cc3sccc3s2)C1. The fourth-order valence-electron chi connectivity index (χ4n) is 3.67. The van der Waals surface area contributed by atoms with E-state index in [4.69, 9.17) is 5.84 Å². The van der Waals surface area contributed by atoms with Crippen LogP contribution < -0.4 is 11.3 Å². The molecule has 104 valence electrons. The summed E-state index contributed by atoms with van der Waals surface area (Å²) < 4.78 is 2.80. The van der Waals surface area contributed by atoms with Crippen molar-refractivity contribution in [2.24, 2.45) is 23.6 Å². The van der Waals surface area contributed by atoms with E-state index in [0.717, 1.165) is 11.8 Å². The molecule has 1 fully saturated rings.